The third-order valence-electron chi connectivity index (χ3n) is 15.4. The molecule has 96 heavy (non-hydrogen) atoms. The highest BCUT2D eigenvalue weighted by Gasteiger charge is 2.39. The van der Waals surface area contributed by atoms with Crippen molar-refractivity contribution in [3.63, 3.8) is 0 Å². The number of amides is 5. The summed E-state index contributed by atoms with van der Waals surface area (Å²) < 4.78 is 18.3. The molecule has 12 rings (SSSR count). The molecule has 0 aliphatic carbocycles. The minimum Gasteiger partial charge on any atom is -0.439 e. The molecule has 10 aliphatic heterocycles. The van der Waals surface area contributed by atoms with Crippen LogP contribution in [0.4, 0.5) is 11.4 Å². The minimum absolute atomic E-state index is 0.0306. The number of fused-ring (bicyclic) bond motifs is 2. The highest BCUT2D eigenvalue weighted by Crippen LogP contribution is 2.47. The molecule has 29 heteroatoms. The van der Waals surface area contributed by atoms with Gasteiger partial charge in [0.05, 0.1) is 35.5 Å². The maximum absolute atomic E-state index is 12.3. The van der Waals surface area contributed by atoms with Gasteiger partial charge < -0.3 is 49.3 Å². The lowest BCUT2D eigenvalue weighted by Gasteiger charge is -2.23. The van der Waals surface area contributed by atoms with Crippen molar-refractivity contribution in [3.05, 3.63) is 180 Å². The zero-order valence-electron chi connectivity index (χ0n) is 55.0. The number of thiocarbonyl (C=S) groups is 5. The van der Waals surface area contributed by atoms with E-state index in [1.54, 1.807) is 29.2 Å². The Morgan fingerprint density at radius 3 is 1.57 bits per heavy atom. The summed E-state index contributed by atoms with van der Waals surface area (Å²) in [6.45, 7) is 26.8. The average Bonchev–Trinajstić information content (AvgIpc) is 1.61. The van der Waals surface area contributed by atoms with Crippen molar-refractivity contribution >= 4 is 196 Å². The van der Waals surface area contributed by atoms with Gasteiger partial charge in [-0.3, -0.25) is 38.7 Å². The monoisotopic (exact) mass is 1500 g/mol. The second-order valence-corrected chi connectivity index (χ2v) is 32.2. The Balaban J connectivity index is 0.000000155. The third-order valence-corrected chi connectivity index (χ3v) is 23.3. The summed E-state index contributed by atoms with van der Waals surface area (Å²) in [5, 5.41) is 10.4. The quantitative estimate of drug-likeness (QED) is 0.124. The Morgan fingerprint density at radius 1 is 0.573 bits per heavy atom. The number of nitrogens with one attached hydrogen (secondary N) is 2. The van der Waals surface area contributed by atoms with Crippen LogP contribution in [0.3, 0.4) is 0 Å². The van der Waals surface area contributed by atoms with Gasteiger partial charge in [0.15, 0.2) is 17.3 Å². The standard InChI is InChI=1S/C19H20N2O2S.C16H16N2O3S.C12H16N2OS3.2C10H12N2OS3/c1-5-12-21-17(22)15(23-18(21)24)10-11-16-19(2,3)13-8-6-7-9-14(13)20(16)4;1-3-17-11-7-5-6-8-12(11)20-14(17)10-9-13-15(19)18(4-2)16(22)21-13;1-4-14-11(15)9(18-12(14)16)5-6-10-13(3)7-8(2)17-10;1-6-5-12(2)8(15-6)4-3-7-9(13)11-10(14)16-7;1-2-12-5-6-15-8(12)4-3-7-9(13)11-10(14)16-7/h5-11H,1,12H2,2-4H3;5-10H,3-4H2,1-2H3;5-6,8H,4,7H2,1-3H3;3-4,6H,5H2,1-2H3,(H,11,13,14);3-4H,2,5-6H2,1H3,(H,11,13,14)/b15-10+,16-11+;13-9+,14-10-;9-5+,10-6-;2*7-3+,8-4-. The van der Waals surface area contributed by atoms with Crippen molar-refractivity contribution < 1.29 is 38.2 Å². The summed E-state index contributed by atoms with van der Waals surface area (Å²) in [6, 6.07) is 16.1. The van der Waals surface area contributed by atoms with E-state index in [1.165, 1.54) is 71.4 Å². The number of likely N-dealkylation sites (N-methyl/N-ethyl adjacent to an activating group) is 3. The number of benzene rings is 2. The van der Waals surface area contributed by atoms with Crippen LogP contribution in [0.25, 0.3) is 0 Å². The van der Waals surface area contributed by atoms with E-state index < -0.39 is 0 Å². The van der Waals surface area contributed by atoms with Crippen molar-refractivity contribution in [1.82, 2.24) is 40.0 Å². The third kappa shape index (κ3) is 18.4. The number of ether oxygens (including phenoxy) is 3. The van der Waals surface area contributed by atoms with E-state index in [0.717, 1.165) is 60.5 Å². The predicted molar refractivity (Wildman–Crippen MR) is 419 cm³/mol. The smallest absolute Gasteiger partial charge is 0.297 e. The number of carbonyl (C=O) groups excluding carboxylic acids is 5. The number of nitrogens with zero attached hydrogens (tertiary/aromatic N) is 8. The molecule has 0 aromatic heterocycles. The Kier molecular flexibility index (Phi) is 27.3. The van der Waals surface area contributed by atoms with Crippen molar-refractivity contribution in [2.45, 2.75) is 71.3 Å². The predicted octanol–water partition coefficient (Wildman–Crippen LogP) is 12.8. The summed E-state index contributed by atoms with van der Waals surface area (Å²) in [6.07, 6.45) is 20.2. The van der Waals surface area contributed by atoms with Gasteiger partial charge >= 0.3 is 0 Å². The lowest BCUT2D eigenvalue weighted by Crippen LogP contribution is -2.28. The molecule has 2 unspecified atom stereocenters. The number of hydrogen-bond acceptors (Lipinski definition) is 24. The molecule has 0 saturated carbocycles. The van der Waals surface area contributed by atoms with Gasteiger partial charge in [0.25, 0.3) is 39.9 Å². The number of carbonyl (C=O) groups is 5. The number of thioether (sulfide) groups is 6. The second-order valence-electron chi connectivity index (χ2n) is 22.4. The molecule has 8 fully saturated rings. The maximum Gasteiger partial charge on any atom is 0.297 e. The van der Waals surface area contributed by atoms with Crippen LogP contribution in [0.1, 0.15) is 61.0 Å². The molecule has 2 aromatic carbocycles. The van der Waals surface area contributed by atoms with Crippen LogP contribution in [0, 0.1) is 0 Å². The SMILES string of the molecule is C=CCN1C(=O)/C(=C\C=C2\N(C)c3ccccc3C2(C)C)OC1=S.CC1CN(C)/C(=C/C=C2/SC(=S)NC2=O)S1.CCN1C(=O)/C(=C\C=C2/Oc3ccccc3N2CC)OC1=S.CCN1C(=O)/C(=C\C=C2/SC(C)CN2C)SC1=S.CCN1CCS/C1=C\C=C1\SC(=S)NC1=O. The van der Waals surface area contributed by atoms with Crippen LogP contribution in [-0.4, -0.2) is 172 Å². The van der Waals surface area contributed by atoms with Crippen LogP contribution in [0.5, 0.6) is 5.75 Å². The number of rotatable bonds is 11. The molecule has 2 aromatic rings. The van der Waals surface area contributed by atoms with E-state index in [9.17, 15) is 24.0 Å². The number of allylic oxidation sites excluding steroid dienone is 11. The fourth-order valence-corrected chi connectivity index (χ4v) is 17.8. The highest BCUT2D eigenvalue weighted by atomic mass is 32.2. The Morgan fingerprint density at radius 2 is 1.08 bits per heavy atom. The first kappa shape index (κ1) is 75.6. The number of hydrogen-bond donors (Lipinski definition) is 2. The fourth-order valence-electron chi connectivity index (χ4n) is 10.7. The van der Waals surface area contributed by atoms with E-state index in [0.29, 0.717) is 58.8 Å². The molecule has 508 valence electrons. The summed E-state index contributed by atoms with van der Waals surface area (Å²) in [4.78, 5) is 76.6. The van der Waals surface area contributed by atoms with Crippen molar-refractivity contribution in [2.75, 3.05) is 89.1 Å². The Hall–Kier alpha value is -6.12. The molecule has 10 heterocycles. The van der Waals surface area contributed by atoms with Crippen LogP contribution in [-0.2, 0) is 38.9 Å². The van der Waals surface area contributed by atoms with Crippen LogP contribution in [0.2, 0.25) is 0 Å². The van der Waals surface area contributed by atoms with Crippen LogP contribution >= 0.6 is 132 Å². The largest absolute Gasteiger partial charge is 0.439 e. The molecule has 18 nitrogen and oxygen atoms in total. The van der Waals surface area contributed by atoms with Gasteiger partial charge in [0.2, 0.25) is 5.88 Å². The minimum atomic E-state index is -0.229. The summed E-state index contributed by atoms with van der Waals surface area (Å²) >= 11 is 34.7. The molecule has 5 amide bonds. The number of para-hydroxylation sites is 3. The van der Waals surface area contributed by atoms with Crippen molar-refractivity contribution in [3.8, 4) is 5.75 Å². The van der Waals surface area contributed by atoms with E-state index >= 15 is 0 Å². The lowest BCUT2D eigenvalue weighted by molar-refractivity contribution is -0.123. The highest BCUT2D eigenvalue weighted by molar-refractivity contribution is 8.27. The first-order chi connectivity index (χ1) is 45.8. The molecular formula is C67H76N10O8S11. The van der Waals surface area contributed by atoms with E-state index in [-0.39, 0.29) is 56.8 Å². The van der Waals surface area contributed by atoms with Gasteiger partial charge in [-0.2, -0.15) is 0 Å². The molecule has 0 spiro atoms. The first-order valence-electron chi connectivity index (χ1n) is 30.7. The maximum atomic E-state index is 12.3. The van der Waals surface area contributed by atoms with E-state index in [2.05, 4.69) is 97.7 Å². The molecule has 0 bridgehead atoms. The van der Waals surface area contributed by atoms with Gasteiger partial charge in [-0.1, -0.05) is 136 Å². The molecule has 8 saturated heterocycles. The normalized spacial score (nSPS) is 25.2. The molecular weight excluding hydrogens is 1430 g/mol. The molecule has 10 aliphatic rings. The van der Waals surface area contributed by atoms with Gasteiger partial charge in [-0.05, 0) is 131 Å². The zero-order chi connectivity index (χ0) is 69.7. The summed E-state index contributed by atoms with van der Waals surface area (Å²) in [5.74, 6) is 2.46. The lowest BCUT2D eigenvalue weighted by atomic mass is 9.84. The van der Waals surface area contributed by atoms with Gasteiger partial charge in [0.1, 0.15) is 13.0 Å². The zero-order valence-corrected chi connectivity index (χ0v) is 64.0. The van der Waals surface area contributed by atoms with Gasteiger partial charge in [-0.25, -0.2) is 0 Å². The van der Waals surface area contributed by atoms with Gasteiger partial charge in [0, 0.05) is 113 Å². The average molecular weight is 1500 g/mol. The summed E-state index contributed by atoms with van der Waals surface area (Å²) in [7, 11) is 6.17. The van der Waals surface area contributed by atoms with Gasteiger partial charge in [-0.15, -0.1) is 41.9 Å². The van der Waals surface area contributed by atoms with Crippen molar-refractivity contribution in [2.24, 2.45) is 0 Å². The fraction of sp³-hybridized carbons (Fsp3) is 0.343. The number of anilines is 2. The second kappa shape index (κ2) is 34.6. The topological polar surface area (TPSA) is 163 Å². The molecule has 2 N–H and O–H groups in total. The van der Waals surface area contributed by atoms with E-state index in [1.807, 2.05) is 147 Å². The van der Waals surface area contributed by atoms with Crippen molar-refractivity contribution in [1.29, 1.82) is 0 Å². The first-order valence-corrected chi connectivity index (χ1v) is 38.0. The Labute approximate surface area is 615 Å². The Bertz CT molecular complexity index is 3780. The summed E-state index contributed by atoms with van der Waals surface area (Å²) in [5.41, 5.74) is 4.40. The van der Waals surface area contributed by atoms with E-state index in [4.69, 9.17) is 75.3 Å². The van der Waals surface area contributed by atoms with Crippen LogP contribution < -0.4 is 25.2 Å². The molecule has 2 atom stereocenters. The molecule has 0 radical (unpaired) electrons. The van der Waals surface area contributed by atoms with Crippen LogP contribution in [0.15, 0.2) is 175 Å².